The Balaban J connectivity index is 1.52. The molecular weight excluding hydrogens is 401 g/mol. The van der Waals surface area contributed by atoms with Gasteiger partial charge in [0, 0.05) is 43.0 Å². The van der Waals surface area contributed by atoms with Crippen molar-refractivity contribution in [1.82, 2.24) is 30.2 Å². The van der Waals surface area contributed by atoms with Crippen molar-refractivity contribution in [3.63, 3.8) is 0 Å². The van der Waals surface area contributed by atoms with Crippen LogP contribution in [-0.4, -0.2) is 69.8 Å². The number of halogens is 1. The number of hydrogen-bond acceptors (Lipinski definition) is 6. The zero-order valence-corrected chi connectivity index (χ0v) is 17.6. The molecule has 1 atom stereocenters. The van der Waals surface area contributed by atoms with Crippen LogP contribution in [0.15, 0.2) is 24.7 Å². The molecule has 9 nitrogen and oxygen atoms in total. The molecule has 1 aliphatic heterocycles. The quantitative estimate of drug-likeness (QED) is 0.558. The third-order valence-electron chi connectivity index (χ3n) is 5.17. The van der Waals surface area contributed by atoms with E-state index in [0.717, 1.165) is 34.8 Å². The van der Waals surface area contributed by atoms with Crippen molar-refractivity contribution in [2.75, 3.05) is 38.2 Å². The summed E-state index contributed by atoms with van der Waals surface area (Å²) in [6.45, 7) is 6.22. The molecule has 4 rings (SSSR count). The van der Waals surface area contributed by atoms with Gasteiger partial charge in [0.25, 0.3) is 0 Å². The zero-order chi connectivity index (χ0) is 21.8. The third kappa shape index (κ3) is 4.58. The Kier molecular flexibility index (Phi) is 6.26. The summed E-state index contributed by atoms with van der Waals surface area (Å²) >= 11 is 0. The van der Waals surface area contributed by atoms with Gasteiger partial charge in [-0.05, 0) is 25.0 Å². The lowest BCUT2D eigenvalue weighted by molar-refractivity contribution is 0.0171. The summed E-state index contributed by atoms with van der Waals surface area (Å²) in [5.41, 5.74) is 2.47. The average molecular weight is 427 g/mol. The summed E-state index contributed by atoms with van der Waals surface area (Å²) < 4.78 is 20.0. The van der Waals surface area contributed by atoms with Crippen LogP contribution >= 0.6 is 0 Å². The molecule has 3 N–H and O–H groups in total. The Morgan fingerprint density at radius 2 is 2.26 bits per heavy atom. The van der Waals surface area contributed by atoms with E-state index in [0.29, 0.717) is 38.7 Å². The highest BCUT2D eigenvalue weighted by molar-refractivity contribution is 5.92. The number of fused-ring (bicyclic) bond motifs is 1. The van der Waals surface area contributed by atoms with Crippen LogP contribution in [0.5, 0.6) is 0 Å². The van der Waals surface area contributed by atoms with Gasteiger partial charge in [-0.25, -0.2) is 24.1 Å². The van der Waals surface area contributed by atoms with E-state index in [9.17, 15) is 9.18 Å². The van der Waals surface area contributed by atoms with Crippen LogP contribution < -0.4 is 10.6 Å². The molecule has 164 valence electrons. The summed E-state index contributed by atoms with van der Waals surface area (Å²) in [6, 6.07) is 1.62. The molecule has 0 radical (unpaired) electrons. The number of amides is 2. The molecule has 0 aliphatic carbocycles. The molecule has 1 fully saturated rings. The number of ether oxygens (including phenoxy) is 1. The van der Waals surface area contributed by atoms with E-state index < -0.39 is 5.82 Å². The van der Waals surface area contributed by atoms with Crippen LogP contribution in [0, 0.1) is 12.7 Å². The van der Waals surface area contributed by atoms with Gasteiger partial charge in [0.1, 0.15) is 5.65 Å². The number of aromatic nitrogens is 4. The van der Waals surface area contributed by atoms with Crippen molar-refractivity contribution in [2.45, 2.75) is 26.3 Å². The molecule has 31 heavy (non-hydrogen) atoms. The first-order valence-electron chi connectivity index (χ1n) is 10.4. The van der Waals surface area contributed by atoms with E-state index in [1.807, 2.05) is 19.9 Å². The number of nitrogens with one attached hydrogen (secondary N) is 3. The third-order valence-corrected chi connectivity index (χ3v) is 5.17. The molecule has 2 amide bonds. The number of hydrogen-bond donors (Lipinski definition) is 3. The van der Waals surface area contributed by atoms with E-state index in [2.05, 4.69) is 30.6 Å². The average Bonchev–Trinajstić information content (AvgIpc) is 3.20. The highest BCUT2D eigenvalue weighted by Gasteiger charge is 2.27. The Bertz CT molecular complexity index is 1070. The lowest BCUT2D eigenvalue weighted by Crippen LogP contribution is -2.55. The van der Waals surface area contributed by atoms with Gasteiger partial charge >= 0.3 is 6.03 Å². The van der Waals surface area contributed by atoms with E-state index in [-0.39, 0.29) is 17.9 Å². The molecule has 10 heteroatoms. The van der Waals surface area contributed by atoms with Gasteiger partial charge in [0.05, 0.1) is 25.5 Å². The van der Waals surface area contributed by atoms with Crippen molar-refractivity contribution in [2.24, 2.45) is 0 Å². The highest BCUT2D eigenvalue weighted by Crippen LogP contribution is 2.27. The maximum absolute atomic E-state index is 14.4. The van der Waals surface area contributed by atoms with Gasteiger partial charge in [0.2, 0.25) is 0 Å². The van der Waals surface area contributed by atoms with E-state index >= 15 is 0 Å². The molecule has 1 unspecified atom stereocenters. The summed E-state index contributed by atoms with van der Waals surface area (Å²) in [4.78, 5) is 30.2. The fraction of sp³-hybridized carbons (Fsp3) is 0.429. The Labute approximate surface area is 179 Å². The number of morpholine rings is 1. The molecule has 3 aromatic rings. The molecule has 0 spiro atoms. The summed E-state index contributed by atoms with van der Waals surface area (Å²) in [5, 5.41) is 6.79. The number of carbonyl (C=O) groups excluding carboxylic acids is 1. The van der Waals surface area contributed by atoms with Crippen molar-refractivity contribution in [1.29, 1.82) is 0 Å². The number of H-pyrrole nitrogens is 1. The van der Waals surface area contributed by atoms with Crippen LogP contribution in [0.25, 0.3) is 22.4 Å². The Hall–Kier alpha value is -3.27. The monoisotopic (exact) mass is 427 g/mol. The highest BCUT2D eigenvalue weighted by atomic mass is 19.1. The number of anilines is 1. The molecule has 0 saturated carbocycles. The van der Waals surface area contributed by atoms with Crippen LogP contribution in [0.3, 0.4) is 0 Å². The van der Waals surface area contributed by atoms with E-state index in [4.69, 9.17) is 4.74 Å². The fourth-order valence-corrected chi connectivity index (χ4v) is 3.55. The summed E-state index contributed by atoms with van der Waals surface area (Å²) in [7, 11) is 0. The maximum Gasteiger partial charge on any atom is 0.317 e. The predicted molar refractivity (Wildman–Crippen MR) is 115 cm³/mol. The first kappa shape index (κ1) is 21.0. The minimum Gasteiger partial charge on any atom is -0.377 e. The minimum absolute atomic E-state index is 0.0828. The van der Waals surface area contributed by atoms with Crippen molar-refractivity contribution in [3.8, 4) is 11.4 Å². The molecule has 3 aromatic heterocycles. The predicted octanol–water partition coefficient (Wildman–Crippen LogP) is 2.70. The molecule has 4 heterocycles. The van der Waals surface area contributed by atoms with Crippen LogP contribution in [0.1, 0.15) is 18.9 Å². The number of urea groups is 1. The van der Waals surface area contributed by atoms with Gasteiger partial charge in [-0.2, -0.15) is 0 Å². The van der Waals surface area contributed by atoms with Crippen molar-refractivity contribution < 1.29 is 13.9 Å². The van der Waals surface area contributed by atoms with Crippen LogP contribution in [0.4, 0.5) is 15.0 Å². The minimum atomic E-state index is -0.559. The van der Waals surface area contributed by atoms with E-state index in [1.54, 1.807) is 17.3 Å². The van der Waals surface area contributed by atoms with Gasteiger partial charge in [0.15, 0.2) is 17.5 Å². The second kappa shape index (κ2) is 9.25. The van der Waals surface area contributed by atoms with Gasteiger partial charge in [-0.3, -0.25) is 0 Å². The largest absolute Gasteiger partial charge is 0.377 e. The SMILES string of the molecule is CCCNC(=O)N1CCOCC1CNc1nc(-c2c[nH]c3ncc(C)cc23)ncc1F. The number of carbonyl (C=O) groups is 1. The first-order chi connectivity index (χ1) is 15.1. The molecular formula is C21H26FN7O2. The number of aromatic amines is 1. The van der Waals surface area contributed by atoms with Gasteiger partial charge in [-0.15, -0.1) is 0 Å². The topological polar surface area (TPSA) is 108 Å². The number of pyridine rings is 1. The standard InChI is InChI=1S/C21H26FN7O2/c1-3-4-23-21(30)29-5-6-31-12-14(29)9-25-20-17(22)11-27-19(28-20)16-10-26-18-15(16)7-13(2)8-24-18/h7-8,10-11,14H,3-6,9,12H2,1-2H3,(H,23,30)(H,24,26)(H,25,27,28). The smallest absolute Gasteiger partial charge is 0.317 e. The van der Waals surface area contributed by atoms with E-state index in [1.165, 1.54) is 0 Å². The number of nitrogens with zero attached hydrogens (tertiary/aromatic N) is 4. The van der Waals surface area contributed by atoms with Gasteiger partial charge < -0.3 is 25.3 Å². The van der Waals surface area contributed by atoms with Crippen molar-refractivity contribution >= 4 is 22.9 Å². The Morgan fingerprint density at radius 1 is 1.39 bits per heavy atom. The molecule has 1 aliphatic rings. The Morgan fingerprint density at radius 3 is 3.10 bits per heavy atom. The number of aryl methyl sites for hydroxylation is 1. The maximum atomic E-state index is 14.4. The second-order valence-electron chi connectivity index (χ2n) is 7.54. The summed E-state index contributed by atoms with van der Waals surface area (Å²) in [5.74, 6) is -0.0870. The zero-order valence-electron chi connectivity index (χ0n) is 17.6. The molecule has 0 bridgehead atoms. The lowest BCUT2D eigenvalue weighted by Gasteiger charge is -2.35. The van der Waals surface area contributed by atoms with Crippen molar-refractivity contribution in [3.05, 3.63) is 36.0 Å². The lowest BCUT2D eigenvalue weighted by atomic mass is 10.1. The normalized spacial score (nSPS) is 16.5. The molecule has 1 saturated heterocycles. The second-order valence-corrected chi connectivity index (χ2v) is 7.54. The number of rotatable bonds is 6. The van der Waals surface area contributed by atoms with Crippen LogP contribution in [-0.2, 0) is 4.74 Å². The molecule has 0 aromatic carbocycles. The first-order valence-corrected chi connectivity index (χ1v) is 10.4. The van der Waals surface area contributed by atoms with Crippen LogP contribution in [0.2, 0.25) is 0 Å². The summed E-state index contributed by atoms with van der Waals surface area (Å²) in [6.07, 6.45) is 5.55. The fourth-order valence-electron chi connectivity index (χ4n) is 3.55. The van der Waals surface area contributed by atoms with Gasteiger partial charge in [-0.1, -0.05) is 6.92 Å².